The second-order valence-electron chi connectivity index (χ2n) is 3.32. The molecule has 1 N–H and O–H groups in total. The number of likely N-dealkylation sites (N-methyl/N-ethyl adjacent to an activating group) is 1. The Kier molecular flexibility index (Phi) is 6.35. The maximum absolute atomic E-state index is 8.64. The third-order valence-corrected chi connectivity index (χ3v) is 2.07. The van der Waals surface area contributed by atoms with E-state index in [1.54, 1.807) is 0 Å². The molecule has 0 saturated carbocycles. The lowest BCUT2D eigenvalue weighted by Gasteiger charge is -2.33. The topological polar surface area (TPSA) is 20.2 Å². The van der Waals surface area contributed by atoms with Crippen molar-refractivity contribution in [1.82, 2.24) is 0 Å². The standard InChI is InChI=1S/C7H18NO.ClH/c1-7(2)8(3,4)5-6-9;/h7,9H,5-6H2,1-4H3;1H/q+1;/p-1. The van der Waals surface area contributed by atoms with Gasteiger partial charge in [-0.05, 0) is 13.8 Å². The van der Waals surface area contributed by atoms with Crippen molar-refractivity contribution in [3.8, 4) is 0 Å². The minimum atomic E-state index is 0. The highest BCUT2D eigenvalue weighted by molar-refractivity contribution is 4.38. The zero-order valence-corrected chi connectivity index (χ0v) is 8.02. The summed E-state index contributed by atoms with van der Waals surface area (Å²) in [4.78, 5) is 0. The quantitative estimate of drug-likeness (QED) is 0.460. The average Bonchev–Trinajstić information content (AvgIpc) is 1.65. The summed E-state index contributed by atoms with van der Waals surface area (Å²) in [7, 11) is 4.25. The molecule has 0 rings (SSSR count). The fourth-order valence-corrected chi connectivity index (χ4v) is 0.516. The number of rotatable bonds is 3. The molecule has 10 heavy (non-hydrogen) atoms. The average molecular weight is 168 g/mol. The zero-order chi connectivity index (χ0) is 7.49. The lowest BCUT2D eigenvalue weighted by molar-refractivity contribution is -0.911. The van der Waals surface area contributed by atoms with E-state index in [4.69, 9.17) is 5.11 Å². The number of nitrogens with zero attached hydrogens (tertiary/aromatic N) is 1. The van der Waals surface area contributed by atoms with Gasteiger partial charge in [0.15, 0.2) is 0 Å². The molecule has 0 aliphatic carbocycles. The fraction of sp³-hybridized carbons (Fsp3) is 1.00. The van der Waals surface area contributed by atoms with Crippen molar-refractivity contribution in [1.29, 1.82) is 0 Å². The second-order valence-corrected chi connectivity index (χ2v) is 3.32. The van der Waals surface area contributed by atoms with Gasteiger partial charge < -0.3 is 22.0 Å². The molecule has 0 spiro atoms. The van der Waals surface area contributed by atoms with Crippen LogP contribution in [0.15, 0.2) is 0 Å². The van der Waals surface area contributed by atoms with E-state index in [9.17, 15) is 0 Å². The van der Waals surface area contributed by atoms with Crippen molar-refractivity contribution in [3.63, 3.8) is 0 Å². The Morgan fingerprint density at radius 3 is 1.80 bits per heavy atom. The highest BCUT2D eigenvalue weighted by Gasteiger charge is 2.17. The van der Waals surface area contributed by atoms with Crippen molar-refractivity contribution in [3.05, 3.63) is 0 Å². The van der Waals surface area contributed by atoms with E-state index in [2.05, 4.69) is 27.9 Å². The molecule has 0 bridgehead atoms. The summed E-state index contributed by atoms with van der Waals surface area (Å²) >= 11 is 0. The van der Waals surface area contributed by atoms with Gasteiger partial charge in [-0.25, -0.2) is 0 Å². The molecule has 0 heterocycles. The molecule has 0 atom stereocenters. The molecular formula is C7H18ClNO. The van der Waals surface area contributed by atoms with Gasteiger partial charge in [0.2, 0.25) is 0 Å². The van der Waals surface area contributed by atoms with Crippen molar-refractivity contribution < 1.29 is 22.0 Å². The van der Waals surface area contributed by atoms with E-state index >= 15 is 0 Å². The number of hydrogen-bond acceptors (Lipinski definition) is 1. The summed E-state index contributed by atoms with van der Waals surface area (Å²) in [5.74, 6) is 0. The molecule has 0 unspecified atom stereocenters. The predicted octanol–water partition coefficient (Wildman–Crippen LogP) is -2.53. The smallest absolute Gasteiger partial charge is 0.102 e. The van der Waals surface area contributed by atoms with Gasteiger partial charge in [-0.15, -0.1) is 0 Å². The molecule has 0 fully saturated rings. The summed E-state index contributed by atoms with van der Waals surface area (Å²) < 4.78 is 0.899. The van der Waals surface area contributed by atoms with Gasteiger partial charge in [0.25, 0.3) is 0 Å². The van der Waals surface area contributed by atoms with Crippen LogP contribution in [0, 0.1) is 0 Å². The molecular weight excluding hydrogens is 150 g/mol. The minimum absolute atomic E-state index is 0. The van der Waals surface area contributed by atoms with Crippen molar-refractivity contribution in [2.24, 2.45) is 0 Å². The summed E-state index contributed by atoms with van der Waals surface area (Å²) in [5.41, 5.74) is 0. The van der Waals surface area contributed by atoms with E-state index in [1.807, 2.05) is 0 Å². The van der Waals surface area contributed by atoms with Crippen LogP contribution in [0.3, 0.4) is 0 Å². The molecule has 0 aromatic heterocycles. The third-order valence-electron chi connectivity index (χ3n) is 2.07. The van der Waals surface area contributed by atoms with Crippen LogP contribution >= 0.6 is 0 Å². The molecule has 0 saturated heterocycles. The van der Waals surface area contributed by atoms with Crippen LogP contribution in [0.5, 0.6) is 0 Å². The van der Waals surface area contributed by atoms with Crippen LogP contribution in [-0.2, 0) is 0 Å². The Hall–Kier alpha value is 0.210. The molecule has 64 valence electrons. The number of hydrogen-bond donors (Lipinski definition) is 1. The van der Waals surface area contributed by atoms with Crippen LogP contribution in [0.4, 0.5) is 0 Å². The maximum Gasteiger partial charge on any atom is 0.102 e. The van der Waals surface area contributed by atoms with Crippen molar-refractivity contribution in [2.75, 3.05) is 27.2 Å². The first-order valence-electron chi connectivity index (χ1n) is 3.44. The summed E-state index contributed by atoms with van der Waals surface area (Å²) in [6.45, 7) is 5.45. The highest BCUT2D eigenvalue weighted by Crippen LogP contribution is 2.03. The van der Waals surface area contributed by atoms with Crippen LogP contribution in [0.1, 0.15) is 13.8 Å². The van der Waals surface area contributed by atoms with E-state index < -0.39 is 0 Å². The molecule has 0 aromatic carbocycles. The first kappa shape index (κ1) is 12.8. The Morgan fingerprint density at radius 1 is 1.30 bits per heavy atom. The first-order valence-corrected chi connectivity index (χ1v) is 3.44. The Balaban J connectivity index is 0. The minimum Gasteiger partial charge on any atom is -1.00 e. The predicted molar refractivity (Wildman–Crippen MR) is 39.2 cm³/mol. The Labute approximate surface area is 69.8 Å². The molecule has 0 radical (unpaired) electrons. The number of aliphatic hydroxyl groups is 1. The molecule has 0 amide bonds. The largest absolute Gasteiger partial charge is 1.00 e. The van der Waals surface area contributed by atoms with E-state index in [-0.39, 0.29) is 19.0 Å². The normalized spacial score (nSPS) is 11.4. The van der Waals surface area contributed by atoms with Crippen LogP contribution in [0.25, 0.3) is 0 Å². The number of halogens is 1. The van der Waals surface area contributed by atoms with Gasteiger partial charge in [0.1, 0.15) is 6.54 Å². The molecule has 0 aliphatic heterocycles. The van der Waals surface area contributed by atoms with Crippen molar-refractivity contribution in [2.45, 2.75) is 19.9 Å². The summed E-state index contributed by atoms with van der Waals surface area (Å²) in [6, 6.07) is 0.595. The molecule has 0 aromatic rings. The van der Waals surface area contributed by atoms with Crippen LogP contribution < -0.4 is 12.4 Å². The number of aliphatic hydroxyl groups excluding tert-OH is 1. The van der Waals surface area contributed by atoms with E-state index in [0.717, 1.165) is 11.0 Å². The van der Waals surface area contributed by atoms with Crippen LogP contribution in [0.2, 0.25) is 0 Å². The first-order chi connectivity index (χ1) is 4.00. The SMILES string of the molecule is CC(C)[N+](C)(C)CCO.[Cl-]. The highest BCUT2D eigenvalue weighted by atomic mass is 35.5. The molecule has 3 heteroatoms. The van der Waals surface area contributed by atoms with Gasteiger partial charge in [0.05, 0.1) is 26.7 Å². The third kappa shape index (κ3) is 4.09. The molecule has 2 nitrogen and oxygen atoms in total. The Morgan fingerprint density at radius 2 is 1.70 bits per heavy atom. The van der Waals surface area contributed by atoms with Gasteiger partial charge in [0, 0.05) is 0 Å². The van der Waals surface area contributed by atoms with Crippen LogP contribution in [-0.4, -0.2) is 42.9 Å². The van der Waals surface area contributed by atoms with Gasteiger partial charge in [-0.3, -0.25) is 0 Å². The van der Waals surface area contributed by atoms with Gasteiger partial charge in [-0.2, -0.15) is 0 Å². The molecule has 0 aliphatic rings. The maximum atomic E-state index is 8.64. The zero-order valence-electron chi connectivity index (χ0n) is 7.26. The monoisotopic (exact) mass is 167 g/mol. The lowest BCUT2D eigenvalue weighted by Crippen LogP contribution is -3.00. The van der Waals surface area contributed by atoms with Gasteiger partial charge >= 0.3 is 0 Å². The summed E-state index contributed by atoms with van der Waals surface area (Å²) in [5, 5.41) is 8.64. The van der Waals surface area contributed by atoms with E-state index in [0.29, 0.717) is 6.04 Å². The van der Waals surface area contributed by atoms with E-state index in [1.165, 1.54) is 0 Å². The Bertz CT molecular complexity index is 83.7. The second kappa shape index (κ2) is 4.94. The lowest BCUT2D eigenvalue weighted by atomic mass is 10.3. The van der Waals surface area contributed by atoms with Crippen molar-refractivity contribution >= 4 is 0 Å². The summed E-state index contributed by atoms with van der Waals surface area (Å²) in [6.07, 6.45) is 0. The number of quaternary nitrogens is 1. The fourth-order valence-electron chi connectivity index (χ4n) is 0.516. The van der Waals surface area contributed by atoms with Gasteiger partial charge in [-0.1, -0.05) is 0 Å².